The first-order chi connectivity index (χ1) is 9.47. The van der Waals surface area contributed by atoms with Gasteiger partial charge in [0.25, 0.3) is 0 Å². The first-order valence-electron chi connectivity index (χ1n) is 6.01. The topological polar surface area (TPSA) is 49.7 Å². The molecule has 0 atom stereocenters. The van der Waals surface area contributed by atoms with Crippen LogP contribution in [0.3, 0.4) is 0 Å². The molecule has 0 radical (unpaired) electrons. The van der Waals surface area contributed by atoms with Crippen LogP contribution in [0.25, 0.3) is 0 Å². The number of halogens is 2. The molecule has 104 valence electrons. The lowest BCUT2D eigenvalue weighted by Crippen LogP contribution is -2.31. The maximum atomic E-state index is 9.34. The molecule has 0 unspecified atom stereocenters. The van der Waals surface area contributed by atoms with Crippen molar-refractivity contribution in [1.82, 2.24) is 0 Å². The molecule has 0 aromatic heterocycles. The van der Waals surface area contributed by atoms with Gasteiger partial charge in [-0.3, -0.25) is 0 Å². The third kappa shape index (κ3) is 3.67. The maximum Gasteiger partial charge on any atom is 0.492 e. The van der Waals surface area contributed by atoms with Crippen LogP contribution in [0.5, 0.6) is 5.75 Å². The van der Waals surface area contributed by atoms with Gasteiger partial charge in [-0.15, -0.1) is 0 Å². The lowest BCUT2D eigenvalue weighted by Gasteiger charge is -2.12. The van der Waals surface area contributed by atoms with Crippen molar-refractivity contribution in [2.24, 2.45) is 0 Å². The molecule has 2 rings (SSSR count). The van der Waals surface area contributed by atoms with E-state index < -0.39 is 7.12 Å². The van der Waals surface area contributed by atoms with Crippen molar-refractivity contribution in [2.75, 3.05) is 0 Å². The van der Waals surface area contributed by atoms with Crippen LogP contribution in [-0.4, -0.2) is 17.2 Å². The zero-order valence-corrected chi connectivity index (χ0v) is 12.3. The van der Waals surface area contributed by atoms with Crippen molar-refractivity contribution in [1.29, 1.82) is 0 Å². The van der Waals surface area contributed by atoms with E-state index in [0.29, 0.717) is 21.3 Å². The van der Waals surface area contributed by atoms with Crippen LogP contribution in [-0.2, 0) is 6.61 Å². The summed E-state index contributed by atoms with van der Waals surface area (Å²) in [7, 11) is -1.57. The summed E-state index contributed by atoms with van der Waals surface area (Å²) in [6.45, 7) is 2.13. The fourth-order valence-corrected chi connectivity index (χ4v) is 2.11. The highest BCUT2D eigenvalue weighted by atomic mass is 35.5. The van der Waals surface area contributed by atoms with E-state index in [1.54, 1.807) is 30.3 Å². The van der Waals surface area contributed by atoms with Gasteiger partial charge in [-0.1, -0.05) is 47.0 Å². The van der Waals surface area contributed by atoms with E-state index in [4.69, 9.17) is 27.9 Å². The zero-order chi connectivity index (χ0) is 14.7. The summed E-state index contributed by atoms with van der Waals surface area (Å²) in [4.78, 5) is 0. The second kappa shape index (κ2) is 6.50. The molecule has 0 aliphatic rings. The fourth-order valence-electron chi connectivity index (χ4n) is 1.79. The zero-order valence-electron chi connectivity index (χ0n) is 10.8. The van der Waals surface area contributed by atoms with Crippen LogP contribution in [0.15, 0.2) is 36.4 Å². The summed E-state index contributed by atoms with van der Waals surface area (Å²) in [5, 5.41) is 19.6. The molecule has 0 saturated heterocycles. The second-order valence-corrected chi connectivity index (χ2v) is 5.27. The van der Waals surface area contributed by atoms with Gasteiger partial charge in [0.2, 0.25) is 0 Å². The molecule has 2 aromatic carbocycles. The number of ether oxygens (including phenoxy) is 1. The van der Waals surface area contributed by atoms with Crippen LogP contribution in [0.1, 0.15) is 11.1 Å². The van der Waals surface area contributed by atoms with E-state index in [0.717, 1.165) is 11.1 Å². The molecular weight excluding hydrogens is 298 g/mol. The Morgan fingerprint density at radius 3 is 2.45 bits per heavy atom. The van der Waals surface area contributed by atoms with Crippen molar-refractivity contribution in [3.63, 3.8) is 0 Å². The number of rotatable bonds is 4. The van der Waals surface area contributed by atoms with Crippen LogP contribution in [0.2, 0.25) is 10.0 Å². The third-order valence-electron chi connectivity index (χ3n) is 2.82. The van der Waals surface area contributed by atoms with Gasteiger partial charge in [0.15, 0.2) is 0 Å². The molecule has 0 bridgehead atoms. The van der Waals surface area contributed by atoms with E-state index in [1.807, 2.05) is 13.0 Å². The SMILES string of the molecule is Cc1ccc(OCc2ccc(Cl)c(Cl)c2)c(B(O)O)c1. The molecule has 20 heavy (non-hydrogen) atoms. The minimum Gasteiger partial charge on any atom is -0.489 e. The van der Waals surface area contributed by atoms with Gasteiger partial charge in [-0.2, -0.15) is 0 Å². The van der Waals surface area contributed by atoms with Gasteiger partial charge < -0.3 is 14.8 Å². The monoisotopic (exact) mass is 310 g/mol. The molecule has 2 aromatic rings. The summed E-state index contributed by atoms with van der Waals surface area (Å²) >= 11 is 11.8. The fraction of sp³-hybridized carbons (Fsp3) is 0.143. The van der Waals surface area contributed by atoms with Gasteiger partial charge >= 0.3 is 7.12 Å². The standard InChI is InChI=1S/C14H13BCl2O3/c1-9-2-5-14(11(6-9)15(18)19)20-8-10-3-4-12(16)13(17)7-10/h2-7,18-19H,8H2,1H3. The van der Waals surface area contributed by atoms with Gasteiger partial charge in [0, 0.05) is 5.46 Å². The lowest BCUT2D eigenvalue weighted by molar-refractivity contribution is 0.306. The average Bonchev–Trinajstić information content (AvgIpc) is 2.41. The van der Waals surface area contributed by atoms with Gasteiger partial charge in [-0.25, -0.2) is 0 Å². The highest BCUT2D eigenvalue weighted by molar-refractivity contribution is 6.59. The van der Waals surface area contributed by atoms with Crippen LogP contribution < -0.4 is 10.2 Å². The lowest BCUT2D eigenvalue weighted by atomic mass is 9.79. The average molecular weight is 311 g/mol. The number of benzene rings is 2. The molecule has 0 fully saturated rings. The van der Waals surface area contributed by atoms with Crippen LogP contribution >= 0.6 is 23.2 Å². The van der Waals surface area contributed by atoms with Crippen molar-refractivity contribution in [3.8, 4) is 5.75 Å². The summed E-state index contributed by atoms with van der Waals surface area (Å²) in [6, 6.07) is 10.4. The molecule has 2 N–H and O–H groups in total. The van der Waals surface area contributed by atoms with E-state index in [2.05, 4.69) is 0 Å². The highest BCUT2D eigenvalue weighted by Crippen LogP contribution is 2.23. The predicted octanol–water partition coefficient (Wildman–Crippen LogP) is 2.56. The first-order valence-corrected chi connectivity index (χ1v) is 6.76. The number of hydrogen-bond donors (Lipinski definition) is 2. The van der Waals surface area contributed by atoms with Crippen LogP contribution in [0, 0.1) is 6.92 Å². The first kappa shape index (κ1) is 15.2. The normalized spacial score (nSPS) is 10.4. The molecule has 6 heteroatoms. The van der Waals surface area contributed by atoms with E-state index in [1.165, 1.54) is 0 Å². The molecule has 3 nitrogen and oxygen atoms in total. The van der Waals surface area contributed by atoms with Gasteiger partial charge in [-0.05, 0) is 30.7 Å². The molecule has 0 aliphatic carbocycles. The number of aryl methyl sites for hydroxylation is 1. The predicted molar refractivity (Wildman–Crippen MR) is 81.8 cm³/mol. The Balaban J connectivity index is 2.16. The molecule has 0 aliphatic heterocycles. The van der Waals surface area contributed by atoms with E-state index in [9.17, 15) is 10.0 Å². The van der Waals surface area contributed by atoms with Crippen molar-refractivity contribution in [3.05, 3.63) is 57.6 Å². The molecule has 0 amide bonds. The van der Waals surface area contributed by atoms with Crippen LogP contribution in [0.4, 0.5) is 0 Å². The third-order valence-corrected chi connectivity index (χ3v) is 3.56. The molecule has 0 heterocycles. The minimum atomic E-state index is -1.57. The summed E-state index contributed by atoms with van der Waals surface area (Å²) < 4.78 is 5.61. The Bertz CT molecular complexity index is 617. The Morgan fingerprint density at radius 2 is 1.80 bits per heavy atom. The second-order valence-electron chi connectivity index (χ2n) is 4.45. The Kier molecular flexibility index (Phi) is 4.94. The Labute approximate surface area is 127 Å². The largest absolute Gasteiger partial charge is 0.492 e. The Hall–Kier alpha value is -1.20. The molecule has 0 spiro atoms. The summed E-state index contributed by atoms with van der Waals surface area (Å²) in [6.07, 6.45) is 0. The maximum absolute atomic E-state index is 9.34. The minimum absolute atomic E-state index is 0.264. The van der Waals surface area contributed by atoms with Gasteiger partial charge in [0.05, 0.1) is 10.0 Å². The molecular formula is C14H13BCl2O3. The molecule has 0 saturated carbocycles. The Morgan fingerprint density at radius 1 is 1.05 bits per heavy atom. The van der Waals surface area contributed by atoms with Crippen molar-refractivity contribution in [2.45, 2.75) is 13.5 Å². The smallest absolute Gasteiger partial charge is 0.489 e. The van der Waals surface area contributed by atoms with E-state index in [-0.39, 0.29) is 6.61 Å². The van der Waals surface area contributed by atoms with Gasteiger partial charge in [0.1, 0.15) is 12.4 Å². The number of hydrogen-bond acceptors (Lipinski definition) is 3. The highest BCUT2D eigenvalue weighted by Gasteiger charge is 2.17. The summed E-state index contributed by atoms with van der Waals surface area (Å²) in [5.41, 5.74) is 2.11. The van der Waals surface area contributed by atoms with Crippen molar-refractivity contribution >= 4 is 35.8 Å². The van der Waals surface area contributed by atoms with Crippen molar-refractivity contribution < 1.29 is 14.8 Å². The van der Waals surface area contributed by atoms with E-state index >= 15 is 0 Å². The quantitative estimate of drug-likeness (QED) is 0.853. The summed E-state index contributed by atoms with van der Waals surface area (Å²) in [5.74, 6) is 0.427.